The molecule has 0 radical (unpaired) electrons. The average molecular weight is 275 g/mol. The highest BCUT2D eigenvalue weighted by Crippen LogP contribution is 2.33. The van der Waals surface area contributed by atoms with Gasteiger partial charge in [-0.25, -0.2) is 0 Å². The molecule has 18 heavy (non-hydrogen) atoms. The smallest absolute Gasteiger partial charge is 0.305 e. The molecule has 0 bridgehead atoms. The van der Waals surface area contributed by atoms with Crippen LogP contribution in [0.2, 0.25) is 0 Å². The molecule has 1 aromatic rings. The number of phenolic OH excluding ortho intramolecular Hbond substituents is 1. The number of carboxylic acids is 1. The number of halogens is 1. The number of aromatic hydroxyl groups is 1. The molecule has 0 spiro atoms. The highest BCUT2D eigenvalue weighted by Gasteiger charge is 2.21. The lowest BCUT2D eigenvalue weighted by molar-refractivity contribution is -0.385. The van der Waals surface area contributed by atoms with Crippen molar-refractivity contribution >= 4 is 23.3 Å². The Balaban J connectivity index is 3.28. The van der Waals surface area contributed by atoms with Gasteiger partial charge in [0, 0.05) is 29.3 Å². The summed E-state index contributed by atoms with van der Waals surface area (Å²) >= 11 is 5.55. The lowest BCUT2D eigenvalue weighted by Crippen LogP contribution is -2.15. The summed E-state index contributed by atoms with van der Waals surface area (Å²) in [6.07, 6.45) is -0.448. The van der Waals surface area contributed by atoms with Gasteiger partial charge in [0.2, 0.25) is 0 Å². The number of nitrogens with two attached hydrogens (primary N) is 1. The number of nitrogens with zero attached hydrogens (tertiary/aromatic N) is 1. The normalized spacial score (nSPS) is 12.1. The number of benzene rings is 1. The Labute approximate surface area is 107 Å². The standard InChI is InChI=1S/C10H11ClN2O5/c11-4-5-1-6(13(17)18)2-7(10(5)16)8(12)3-9(14)15/h1-2,8,16H,3-4,12H2,(H,14,15). The van der Waals surface area contributed by atoms with Gasteiger partial charge in [0.1, 0.15) is 5.75 Å². The maximum atomic E-state index is 10.7. The minimum Gasteiger partial charge on any atom is -0.507 e. The molecule has 0 aliphatic rings. The number of nitro groups is 1. The van der Waals surface area contributed by atoms with E-state index in [1.54, 1.807) is 0 Å². The Hall–Kier alpha value is -1.86. The fourth-order valence-corrected chi connectivity index (χ4v) is 1.69. The SMILES string of the molecule is NC(CC(=O)O)c1cc([N+](=O)[O-])cc(CCl)c1O. The molecule has 1 atom stereocenters. The third kappa shape index (κ3) is 3.08. The van der Waals surface area contributed by atoms with Crippen LogP contribution in [-0.2, 0) is 10.7 Å². The molecule has 0 saturated heterocycles. The monoisotopic (exact) mass is 274 g/mol. The maximum absolute atomic E-state index is 10.7. The van der Waals surface area contributed by atoms with Crippen molar-refractivity contribution in [1.82, 2.24) is 0 Å². The summed E-state index contributed by atoms with van der Waals surface area (Å²) in [5, 5.41) is 29.1. The second kappa shape index (κ2) is 5.65. The van der Waals surface area contributed by atoms with Gasteiger partial charge in [-0.2, -0.15) is 0 Å². The van der Waals surface area contributed by atoms with Crippen molar-refractivity contribution in [2.45, 2.75) is 18.3 Å². The van der Waals surface area contributed by atoms with Crippen LogP contribution in [0.3, 0.4) is 0 Å². The molecule has 0 heterocycles. The topological polar surface area (TPSA) is 127 Å². The largest absolute Gasteiger partial charge is 0.507 e. The molecule has 1 aromatic carbocycles. The fourth-order valence-electron chi connectivity index (χ4n) is 1.49. The van der Waals surface area contributed by atoms with E-state index in [4.69, 9.17) is 22.4 Å². The number of carbonyl (C=O) groups is 1. The van der Waals surface area contributed by atoms with Gasteiger partial charge in [-0.1, -0.05) is 0 Å². The zero-order chi connectivity index (χ0) is 13.9. The van der Waals surface area contributed by atoms with E-state index in [-0.39, 0.29) is 28.4 Å². The average Bonchev–Trinajstić information content (AvgIpc) is 2.27. The number of rotatable bonds is 5. The number of aliphatic carboxylic acids is 1. The first-order valence-corrected chi connectivity index (χ1v) is 5.43. The van der Waals surface area contributed by atoms with E-state index in [0.717, 1.165) is 12.1 Å². The van der Waals surface area contributed by atoms with Crippen molar-refractivity contribution in [3.05, 3.63) is 33.4 Å². The summed E-state index contributed by atoms with van der Waals surface area (Å²) in [6, 6.07) is 1.14. The van der Waals surface area contributed by atoms with Gasteiger partial charge in [0.15, 0.2) is 0 Å². The minimum absolute atomic E-state index is 0.00208. The van der Waals surface area contributed by atoms with E-state index in [2.05, 4.69) is 0 Å². The van der Waals surface area contributed by atoms with Crippen LogP contribution in [0, 0.1) is 10.1 Å². The second-order valence-electron chi connectivity index (χ2n) is 3.64. The number of alkyl halides is 1. The summed E-state index contributed by atoms with van der Waals surface area (Å²) in [7, 11) is 0. The predicted molar refractivity (Wildman–Crippen MR) is 63.5 cm³/mol. The van der Waals surface area contributed by atoms with E-state index < -0.39 is 23.4 Å². The molecule has 1 rings (SSSR count). The zero-order valence-electron chi connectivity index (χ0n) is 9.17. The van der Waals surface area contributed by atoms with Crippen molar-refractivity contribution in [1.29, 1.82) is 0 Å². The first-order valence-electron chi connectivity index (χ1n) is 4.90. The van der Waals surface area contributed by atoms with Gasteiger partial charge in [0.25, 0.3) is 5.69 Å². The van der Waals surface area contributed by atoms with Gasteiger partial charge in [-0.05, 0) is 0 Å². The molecular weight excluding hydrogens is 264 g/mol. The molecular formula is C10H11ClN2O5. The van der Waals surface area contributed by atoms with E-state index in [0.29, 0.717) is 0 Å². The number of nitro benzene ring substituents is 1. The van der Waals surface area contributed by atoms with Crippen molar-refractivity contribution in [2.75, 3.05) is 0 Å². The van der Waals surface area contributed by atoms with Crippen LogP contribution in [0.4, 0.5) is 5.69 Å². The number of non-ortho nitro benzene ring substituents is 1. The molecule has 98 valence electrons. The van der Waals surface area contributed by atoms with Gasteiger partial charge in [-0.3, -0.25) is 14.9 Å². The Morgan fingerprint density at radius 1 is 1.56 bits per heavy atom. The van der Waals surface area contributed by atoms with Crippen molar-refractivity contribution in [3.63, 3.8) is 0 Å². The highest BCUT2D eigenvalue weighted by molar-refractivity contribution is 6.17. The van der Waals surface area contributed by atoms with E-state index in [1.165, 1.54) is 0 Å². The van der Waals surface area contributed by atoms with Gasteiger partial charge >= 0.3 is 5.97 Å². The van der Waals surface area contributed by atoms with Crippen LogP contribution < -0.4 is 5.73 Å². The number of hydrogen-bond donors (Lipinski definition) is 3. The molecule has 0 saturated carbocycles. The van der Waals surface area contributed by atoms with Crippen molar-refractivity contribution in [3.8, 4) is 5.75 Å². The molecule has 0 amide bonds. The lowest BCUT2D eigenvalue weighted by Gasteiger charge is -2.13. The predicted octanol–water partition coefficient (Wildman–Crippen LogP) is 1.51. The Morgan fingerprint density at radius 2 is 2.17 bits per heavy atom. The molecule has 4 N–H and O–H groups in total. The highest BCUT2D eigenvalue weighted by atomic mass is 35.5. The molecule has 8 heteroatoms. The Bertz CT molecular complexity index is 491. The summed E-state index contributed by atoms with van der Waals surface area (Å²) in [4.78, 5) is 20.6. The van der Waals surface area contributed by atoms with E-state index >= 15 is 0 Å². The lowest BCUT2D eigenvalue weighted by atomic mass is 10.00. The minimum atomic E-state index is -1.17. The third-order valence-electron chi connectivity index (χ3n) is 2.35. The third-order valence-corrected chi connectivity index (χ3v) is 2.64. The maximum Gasteiger partial charge on any atom is 0.305 e. The van der Waals surface area contributed by atoms with Crippen LogP contribution in [0.5, 0.6) is 5.75 Å². The van der Waals surface area contributed by atoms with Crippen molar-refractivity contribution < 1.29 is 19.9 Å². The van der Waals surface area contributed by atoms with Crippen LogP contribution in [0.25, 0.3) is 0 Å². The van der Waals surface area contributed by atoms with Gasteiger partial charge in [-0.15, -0.1) is 11.6 Å². The van der Waals surface area contributed by atoms with Crippen LogP contribution in [0.1, 0.15) is 23.6 Å². The molecule has 0 aliphatic carbocycles. The van der Waals surface area contributed by atoms with Crippen LogP contribution in [0.15, 0.2) is 12.1 Å². The first kappa shape index (κ1) is 14.2. The first-order chi connectivity index (χ1) is 8.36. The number of carboxylic acid groups (broad SMARTS) is 1. The van der Waals surface area contributed by atoms with Crippen molar-refractivity contribution in [2.24, 2.45) is 5.73 Å². The van der Waals surface area contributed by atoms with Crippen LogP contribution in [-0.4, -0.2) is 21.1 Å². The second-order valence-corrected chi connectivity index (χ2v) is 3.91. The number of phenols is 1. The van der Waals surface area contributed by atoms with Crippen LogP contribution >= 0.6 is 11.6 Å². The molecule has 1 unspecified atom stereocenters. The quantitative estimate of drug-likeness (QED) is 0.424. The molecule has 7 nitrogen and oxygen atoms in total. The molecule has 0 aromatic heterocycles. The number of hydrogen-bond acceptors (Lipinski definition) is 5. The van der Waals surface area contributed by atoms with E-state index in [9.17, 15) is 20.0 Å². The zero-order valence-corrected chi connectivity index (χ0v) is 9.92. The molecule has 0 aliphatic heterocycles. The fraction of sp³-hybridized carbons (Fsp3) is 0.300. The summed E-state index contributed by atoms with van der Waals surface area (Å²) < 4.78 is 0. The summed E-state index contributed by atoms with van der Waals surface area (Å²) in [5.41, 5.74) is 5.43. The Morgan fingerprint density at radius 3 is 2.61 bits per heavy atom. The Kier molecular flexibility index (Phi) is 4.46. The summed E-state index contributed by atoms with van der Waals surface area (Å²) in [6.45, 7) is 0. The van der Waals surface area contributed by atoms with E-state index in [1.807, 2.05) is 0 Å². The van der Waals surface area contributed by atoms with Gasteiger partial charge < -0.3 is 15.9 Å². The molecule has 0 fully saturated rings. The summed E-state index contributed by atoms with van der Waals surface area (Å²) in [5.74, 6) is -1.61. The van der Waals surface area contributed by atoms with Gasteiger partial charge in [0.05, 0.1) is 17.2 Å².